The Balaban J connectivity index is 1.69. The number of anilines is 2. The lowest BCUT2D eigenvalue weighted by atomic mass is 10.2. The number of nitrogens with zero attached hydrogens (tertiary/aromatic N) is 2. The average molecular weight is 359 g/mol. The summed E-state index contributed by atoms with van der Waals surface area (Å²) in [7, 11) is -1.59. The maximum Gasteiger partial charge on any atom is 0.272 e. The van der Waals surface area contributed by atoms with Crippen molar-refractivity contribution in [2.45, 2.75) is 10.8 Å². The second-order valence-corrected chi connectivity index (χ2v) is 8.14. The van der Waals surface area contributed by atoms with Gasteiger partial charge in [0.25, 0.3) is 10.0 Å². The molecule has 0 aliphatic rings. The third-order valence-corrected chi connectivity index (χ3v) is 6.20. The number of sulfonamides is 1. The number of benzene rings is 1. The molecule has 1 aromatic carbocycles. The Morgan fingerprint density at radius 3 is 2.50 bits per heavy atom. The van der Waals surface area contributed by atoms with Gasteiger partial charge in [0.05, 0.1) is 11.9 Å². The molecular formula is C17H17N3O2S2. The number of nitrogens with one attached hydrogen (secondary N) is 1. The zero-order valence-electron chi connectivity index (χ0n) is 13.1. The third-order valence-electron chi connectivity index (χ3n) is 3.45. The van der Waals surface area contributed by atoms with E-state index in [1.165, 1.54) is 16.9 Å². The van der Waals surface area contributed by atoms with E-state index in [0.29, 0.717) is 5.82 Å². The predicted molar refractivity (Wildman–Crippen MR) is 97.9 cm³/mol. The smallest absolute Gasteiger partial charge is 0.272 e. The Morgan fingerprint density at radius 1 is 1.08 bits per heavy atom. The van der Waals surface area contributed by atoms with Gasteiger partial charge in [0.15, 0.2) is 0 Å². The lowest BCUT2D eigenvalue weighted by molar-refractivity contribution is 0.603. The second kappa shape index (κ2) is 7.02. The minimum absolute atomic E-state index is 0.273. The van der Waals surface area contributed by atoms with Gasteiger partial charge in [0, 0.05) is 13.6 Å². The van der Waals surface area contributed by atoms with E-state index in [9.17, 15) is 8.42 Å². The van der Waals surface area contributed by atoms with E-state index in [4.69, 9.17) is 0 Å². The van der Waals surface area contributed by atoms with Crippen LogP contribution >= 0.6 is 11.3 Å². The molecule has 0 atom stereocenters. The number of pyridine rings is 1. The molecule has 0 fully saturated rings. The number of hydrogen-bond acceptors (Lipinski definition) is 5. The summed E-state index contributed by atoms with van der Waals surface area (Å²) in [5.41, 5.74) is 2.11. The largest absolute Gasteiger partial charge is 0.369 e. The molecule has 0 spiro atoms. The van der Waals surface area contributed by atoms with Gasteiger partial charge in [-0.2, -0.15) is 0 Å². The quantitative estimate of drug-likeness (QED) is 0.731. The van der Waals surface area contributed by atoms with Crippen LogP contribution in [0.5, 0.6) is 0 Å². The summed E-state index contributed by atoms with van der Waals surface area (Å²) in [6, 6.07) is 16.9. The van der Waals surface area contributed by atoms with Crippen molar-refractivity contribution in [2.75, 3.05) is 16.7 Å². The molecule has 0 bridgehead atoms. The highest BCUT2D eigenvalue weighted by Gasteiger charge is 2.15. The van der Waals surface area contributed by atoms with Gasteiger partial charge in [-0.05, 0) is 29.1 Å². The third kappa shape index (κ3) is 3.93. The average Bonchev–Trinajstić information content (AvgIpc) is 3.11. The first-order chi connectivity index (χ1) is 11.5. The van der Waals surface area contributed by atoms with Crippen LogP contribution in [-0.4, -0.2) is 20.4 Å². The van der Waals surface area contributed by atoms with Crippen LogP contribution in [0.15, 0.2) is 70.4 Å². The summed E-state index contributed by atoms with van der Waals surface area (Å²) in [5.74, 6) is 0.306. The van der Waals surface area contributed by atoms with E-state index >= 15 is 0 Å². The van der Waals surface area contributed by atoms with Crippen LogP contribution < -0.4 is 9.62 Å². The van der Waals surface area contributed by atoms with Crippen LogP contribution in [0.25, 0.3) is 0 Å². The monoisotopic (exact) mass is 359 g/mol. The van der Waals surface area contributed by atoms with Gasteiger partial charge in [0.1, 0.15) is 10.0 Å². The van der Waals surface area contributed by atoms with Crippen molar-refractivity contribution in [3.63, 3.8) is 0 Å². The zero-order chi connectivity index (χ0) is 17.0. The summed E-state index contributed by atoms with van der Waals surface area (Å²) in [6.07, 6.45) is 1.66. The van der Waals surface area contributed by atoms with Gasteiger partial charge in [-0.15, -0.1) is 11.3 Å². The molecule has 0 amide bonds. The summed E-state index contributed by atoms with van der Waals surface area (Å²) >= 11 is 1.17. The molecule has 124 valence electrons. The van der Waals surface area contributed by atoms with Crippen molar-refractivity contribution in [3.05, 3.63) is 71.7 Å². The minimum Gasteiger partial charge on any atom is -0.369 e. The highest BCUT2D eigenvalue weighted by atomic mass is 32.2. The molecule has 0 aliphatic heterocycles. The lowest BCUT2D eigenvalue weighted by Crippen LogP contribution is -2.17. The fourth-order valence-corrected chi connectivity index (χ4v) is 4.23. The van der Waals surface area contributed by atoms with Crippen LogP contribution in [0.3, 0.4) is 0 Å². The van der Waals surface area contributed by atoms with Gasteiger partial charge in [-0.25, -0.2) is 13.4 Å². The first kappa shape index (κ1) is 16.5. The fourth-order valence-electron chi connectivity index (χ4n) is 2.23. The van der Waals surface area contributed by atoms with E-state index in [2.05, 4.69) is 26.7 Å². The van der Waals surface area contributed by atoms with Crippen LogP contribution in [0.1, 0.15) is 5.56 Å². The SMILES string of the molecule is CN(Cc1ccccc1)c1ccc(NS(=O)(=O)c2cccs2)nc1. The van der Waals surface area contributed by atoms with Gasteiger partial charge in [0.2, 0.25) is 0 Å². The Hall–Kier alpha value is -2.38. The van der Waals surface area contributed by atoms with Gasteiger partial charge in [-0.3, -0.25) is 4.72 Å². The maximum absolute atomic E-state index is 12.2. The van der Waals surface area contributed by atoms with Crippen LogP contribution in [0, 0.1) is 0 Å². The molecule has 0 radical (unpaired) electrons. The van der Waals surface area contributed by atoms with E-state index in [-0.39, 0.29) is 4.21 Å². The predicted octanol–water partition coefficient (Wildman–Crippen LogP) is 3.58. The molecule has 7 heteroatoms. The number of thiophene rings is 1. The van der Waals surface area contributed by atoms with Crippen molar-refractivity contribution in [1.82, 2.24) is 4.98 Å². The molecule has 2 aromatic heterocycles. The van der Waals surface area contributed by atoms with E-state index in [1.54, 1.807) is 29.8 Å². The Bertz CT molecular complexity index is 877. The van der Waals surface area contributed by atoms with Crippen molar-refractivity contribution in [1.29, 1.82) is 0 Å². The molecule has 3 aromatic rings. The first-order valence-corrected chi connectivity index (χ1v) is 9.68. The number of aromatic nitrogens is 1. The van der Waals surface area contributed by atoms with Crippen molar-refractivity contribution in [2.24, 2.45) is 0 Å². The molecule has 0 aliphatic carbocycles. The molecule has 5 nitrogen and oxygen atoms in total. The van der Waals surface area contributed by atoms with Gasteiger partial charge < -0.3 is 4.90 Å². The molecule has 0 saturated carbocycles. The Kier molecular flexibility index (Phi) is 4.82. The van der Waals surface area contributed by atoms with E-state index in [0.717, 1.165) is 12.2 Å². The van der Waals surface area contributed by atoms with Crippen LogP contribution in [-0.2, 0) is 16.6 Å². The van der Waals surface area contributed by atoms with Gasteiger partial charge >= 0.3 is 0 Å². The van der Waals surface area contributed by atoms with Crippen molar-refractivity contribution >= 4 is 32.9 Å². The molecule has 3 rings (SSSR count). The first-order valence-electron chi connectivity index (χ1n) is 7.32. The summed E-state index contributed by atoms with van der Waals surface area (Å²) < 4.78 is 27.1. The topological polar surface area (TPSA) is 62.3 Å². The molecule has 1 N–H and O–H groups in total. The maximum atomic E-state index is 12.2. The van der Waals surface area contributed by atoms with Crippen LogP contribution in [0.2, 0.25) is 0 Å². The number of hydrogen-bond donors (Lipinski definition) is 1. The second-order valence-electron chi connectivity index (χ2n) is 5.28. The van der Waals surface area contributed by atoms with E-state index < -0.39 is 10.0 Å². The van der Waals surface area contributed by atoms with Crippen molar-refractivity contribution < 1.29 is 8.42 Å². The molecule has 0 unspecified atom stereocenters. The normalized spacial score (nSPS) is 11.2. The molecule has 24 heavy (non-hydrogen) atoms. The Labute approximate surface area is 145 Å². The molecular weight excluding hydrogens is 342 g/mol. The molecule has 0 saturated heterocycles. The minimum atomic E-state index is -3.56. The van der Waals surface area contributed by atoms with Crippen LogP contribution in [0.4, 0.5) is 11.5 Å². The summed E-state index contributed by atoms with van der Waals surface area (Å²) in [4.78, 5) is 6.26. The standard InChI is InChI=1S/C17H17N3O2S2/c1-20(13-14-6-3-2-4-7-14)15-9-10-16(18-12-15)19-24(21,22)17-8-5-11-23-17/h2-12H,13H2,1H3,(H,18,19). The number of rotatable bonds is 6. The summed E-state index contributed by atoms with van der Waals surface area (Å²) in [5, 5.41) is 1.73. The Morgan fingerprint density at radius 2 is 1.88 bits per heavy atom. The van der Waals surface area contributed by atoms with Gasteiger partial charge in [-0.1, -0.05) is 36.4 Å². The lowest BCUT2D eigenvalue weighted by Gasteiger charge is -2.19. The highest BCUT2D eigenvalue weighted by Crippen LogP contribution is 2.21. The summed E-state index contributed by atoms with van der Waals surface area (Å²) in [6.45, 7) is 0.753. The zero-order valence-corrected chi connectivity index (χ0v) is 14.7. The highest BCUT2D eigenvalue weighted by molar-refractivity contribution is 7.94. The van der Waals surface area contributed by atoms with E-state index in [1.807, 2.05) is 31.3 Å². The van der Waals surface area contributed by atoms with Crippen molar-refractivity contribution in [3.8, 4) is 0 Å². The molecule has 2 heterocycles. The fraction of sp³-hybridized carbons (Fsp3) is 0.118.